The minimum Gasteiger partial charge on any atom is -0.327 e. The molecule has 1 heterocycles. The molecule has 110 valence electrons. The number of aromatic nitrogens is 2. The van der Waals surface area contributed by atoms with Crippen LogP contribution in [0, 0.1) is 19.3 Å². The molecule has 0 aliphatic rings. The van der Waals surface area contributed by atoms with Crippen molar-refractivity contribution in [3.63, 3.8) is 0 Å². The molecule has 21 heavy (non-hydrogen) atoms. The first-order valence-corrected chi connectivity index (χ1v) is 7.06. The molecule has 2 aromatic rings. The number of benzene rings is 1. The Morgan fingerprint density at radius 1 is 1.38 bits per heavy atom. The molecule has 0 fully saturated rings. The number of aryl methyl sites for hydroxylation is 2. The van der Waals surface area contributed by atoms with Gasteiger partial charge in [0.1, 0.15) is 11.5 Å². The number of imidazole rings is 1. The molecule has 0 unspecified atom stereocenters. The van der Waals surface area contributed by atoms with Gasteiger partial charge in [-0.25, -0.2) is 4.98 Å². The topological polar surface area (TPSA) is 53.7 Å². The molecule has 0 saturated heterocycles. The number of hydrogen-bond acceptors (Lipinski definition) is 3. The number of nitrogens with one attached hydrogen (secondary N) is 2. The maximum atomic E-state index is 8.54. The third-order valence-electron chi connectivity index (χ3n) is 3.57. The summed E-state index contributed by atoms with van der Waals surface area (Å²) in [5.74, 6) is 0.911. The van der Waals surface area contributed by atoms with Crippen LogP contribution in [0.4, 0.5) is 0 Å². The molecule has 0 saturated carbocycles. The van der Waals surface area contributed by atoms with Crippen molar-refractivity contribution in [3.05, 3.63) is 65.3 Å². The van der Waals surface area contributed by atoms with Gasteiger partial charge in [-0.2, -0.15) is 0 Å². The molecule has 2 N–H and O–H groups in total. The monoisotopic (exact) mass is 282 g/mol. The molecule has 4 heteroatoms. The standard InChI is InChI=1S/C17H22N4/c1-5-10-21-13(3)20-17(15(21)11-19-4)16(18)14-9-7-6-8-12(14)2/h5-9,18-19H,1,10-11H2,2-4H3. The molecular weight excluding hydrogens is 260 g/mol. The SMILES string of the molecule is C=CCn1c(C)nc(C(=N)c2ccccc2C)c1CNC. The fourth-order valence-corrected chi connectivity index (χ4v) is 2.51. The third-order valence-corrected chi connectivity index (χ3v) is 3.57. The summed E-state index contributed by atoms with van der Waals surface area (Å²) in [5, 5.41) is 11.7. The smallest absolute Gasteiger partial charge is 0.111 e. The maximum Gasteiger partial charge on any atom is 0.111 e. The number of allylic oxidation sites excluding steroid dienone is 1. The van der Waals surface area contributed by atoms with E-state index < -0.39 is 0 Å². The van der Waals surface area contributed by atoms with Gasteiger partial charge in [-0.15, -0.1) is 6.58 Å². The van der Waals surface area contributed by atoms with Crippen LogP contribution in [-0.4, -0.2) is 22.3 Å². The van der Waals surface area contributed by atoms with Crippen molar-refractivity contribution in [2.75, 3.05) is 7.05 Å². The van der Waals surface area contributed by atoms with Crippen LogP contribution < -0.4 is 5.32 Å². The maximum absolute atomic E-state index is 8.54. The predicted molar refractivity (Wildman–Crippen MR) is 87.0 cm³/mol. The van der Waals surface area contributed by atoms with Crippen molar-refractivity contribution in [2.45, 2.75) is 26.9 Å². The van der Waals surface area contributed by atoms with E-state index in [-0.39, 0.29) is 0 Å². The van der Waals surface area contributed by atoms with Crippen molar-refractivity contribution in [1.29, 1.82) is 5.41 Å². The summed E-state index contributed by atoms with van der Waals surface area (Å²) < 4.78 is 2.10. The van der Waals surface area contributed by atoms with Crippen LogP contribution in [0.1, 0.15) is 28.3 Å². The fraction of sp³-hybridized carbons (Fsp3) is 0.294. The zero-order chi connectivity index (χ0) is 15.4. The van der Waals surface area contributed by atoms with Crippen LogP contribution in [0.2, 0.25) is 0 Å². The lowest BCUT2D eigenvalue weighted by molar-refractivity contribution is 0.685. The zero-order valence-corrected chi connectivity index (χ0v) is 12.9. The zero-order valence-electron chi connectivity index (χ0n) is 12.9. The molecule has 2 rings (SSSR count). The first-order valence-electron chi connectivity index (χ1n) is 7.06. The second-order valence-corrected chi connectivity index (χ2v) is 5.07. The van der Waals surface area contributed by atoms with Gasteiger partial charge in [-0.1, -0.05) is 30.3 Å². The Morgan fingerprint density at radius 3 is 2.71 bits per heavy atom. The molecule has 0 aliphatic heterocycles. The lowest BCUT2D eigenvalue weighted by Gasteiger charge is -2.10. The minimum atomic E-state index is 0.476. The van der Waals surface area contributed by atoms with E-state index in [1.165, 1.54) is 0 Å². The molecule has 4 nitrogen and oxygen atoms in total. The molecule has 0 radical (unpaired) electrons. The van der Waals surface area contributed by atoms with Crippen LogP contribution in [0.5, 0.6) is 0 Å². The first-order chi connectivity index (χ1) is 10.1. The summed E-state index contributed by atoms with van der Waals surface area (Å²) in [6, 6.07) is 7.95. The number of hydrogen-bond donors (Lipinski definition) is 2. The van der Waals surface area contributed by atoms with Crippen LogP contribution in [0.3, 0.4) is 0 Å². The predicted octanol–water partition coefficient (Wildman–Crippen LogP) is 2.82. The fourth-order valence-electron chi connectivity index (χ4n) is 2.51. The van der Waals surface area contributed by atoms with Gasteiger partial charge in [0.2, 0.25) is 0 Å². The van der Waals surface area contributed by atoms with E-state index in [9.17, 15) is 0 Å². The lowest BCUT2D eigenvalue weighted by atomic mass is 10.0. The van der Waals surface area contributed by atoms with Crippen molar-refractivity contribution in [1.82, 2.24) is 14.9 Å². The second-order valence-electron chi connectivity index (χ2n) is 5.07. The third kappa shape index (κ3) is 2.95. The van der Waals surface area contributed by atoms with Gasteiger partial charge in [0.15, 0.2) is 0 Å². The van der Waals surface area contributed by atoms with Crippen LogP contribution in [0.15, 0.2) is 36.9 Å². The molecule has 0 aliphatic carbocycles. The van der Waals surface area contributed by atoms with Crippen molar-refractivity contribution in [2.24, 2.45) is 0 Å². The summed E-state index contributed by atoms with van der Waals surface area (Å²) in [5.41, 5.74) is 4.28. The highest BCUT2D eigenvalue weighted by molar-refractivity contribution is 6.11. The Hall–Kier alpha value is -2.20. The van der Waals surface area contributed by atoms with Crippen molar-refractivity contribution < 1.29 is 0 Å². The van der Waals surface area contributed by atoms with Crippen LogP contribution in [0.25, 0.3) is 0 Å². The van der Waals surface area contributed by atoms with Gasteiger partial charge in [0, 0.05) is 18.7 Å². The van der Waals surface area contributed by atoms with E-state index in [0.29, 0.717) is 18.8 Å². The number of nitrogens with zero attached hydrogens (tertiary/aromatic N) is 2. The van der Waals surface area contributed by atoms with Gasteiger partial charge in [0.25, 0.3) is 0 Å². The van der Waals surface area contributed by atoms with Gasteiger partial charge in [-0.05, 0) is 26.5 Å². The van der Waals surface area contributed by atoms with Gasteiger partial charge >= 0.3 is 0 Å². The van der Waals surface area contributed by atoms with E-state index >= 15 is 0 Å². The molecule has 0 atom stereocenters. The largest absolute Gasteiger partial charge is 0.327 e. The van der Waals surface area contributed by atoms with E-state index in [1.807, 2.05) is 51.2 Å². The van der Waals surface area contributed by atoms with Crippen molar-refractivity contribution >= 4 is 5.71 Å². The Balaban J connectivity index is 2.53. The van der Waals surface area contributed by atoms with Crippen molar-refractivity contribution in [3.8, 4) is 0 Å². The van der Waals surface area contributed by atoms with Crippen LogP contribution in [-0.2, 0) is 13.1 Å². The van der Waals surface area contributed by atoms with E-state index in [2.05, 4.69) is 21.4 Å². The summed E-state index contributed by atoms with van der Waals surface area (Å²) in [6.45, 7) is 9.18. The van der Waals surface area contributed by atoms with Gasteiger partial charge in [0.05, 0.1) is 11.4 Å². The highest BCUT2D eigenvalue weighted by atomic mass is 15.1. The Bertz CT molecular complexity index is 667. The average Bonchev–Trinajstić information content (AvgIpc) is 2.77. The summed E-state index contributed by atoms with van der Waals surface area (Å²) in [6.07, 6.45) is 1.86. The second kappa shape index (κ2) is 6.50. The number of rotatable bonds is 6. The van der Waals surface area contributed by atoms with E-state index in [1.54, 1.807) is 0 Å². The minimum absolute atomic E-state index is 0.476. The molecule has 0 spiro atoms. The Kier molecular flexibility index (Phi) is 4.70. The highest BCUT2D eigenvalue weighted by Crippen LogP contribution is 2.18. The molecular formula is C17H22N4. The summed E-state index contributed by atoms with van der Waals surface area (Å²) in [4.78, 5) is 4.62. The van der Waals surface area contributed by atoms with Gasteiger partial charge < -0.3 is 9.88 Å². The molecule has 0 bridgehead atoms. The highest BCUT2D eigenvalue weighted by Gasteiger charge is 2.19. The van der Waals surface area contributed by atoms with Crippen LogP contribution >= 0.6 is 0 Å². The van der Waals surface area contributed by atoms with E-state index in [4.69, 9.17) is 5.41 Å². The first kappa shape index (κ1) is 15.2. The summed E-state index contributed by atoms with van der Waals surface area (Å²) in [7, 11) is 1.90. The molecule has 1 aromatic heterocycles. The van der Waals surface area contributed by atoms with Gasteiger partial charge in [-0.3, -0.25) is 5.41 Å². The Labute approximate surface area is 126 Å². The Morgan fingerprint density at radius 2 is 2.10 bits per heavy atom. The van der Waals surface area contributed by atoms with E-state index in [0.717, 1.165) is 28.3 Å². The molecule has 1 aromatic carbocycles. The normalized spacial score (nSPS) is 10.6. The average molecular weight is 282 g/mol. The molecule has 0 amide bonds. The summed E-state index contributed by atoms with van der Waals surface area (Å²) >= 11 is 0. The lowest BCUT2D eigenvalue weighted by Crippen LogP contribution is -2.16. The quantitative estimate of drug-likeness (QED) is 0.632.